The van der Waals surface area contributed by atoms with E-state index in [0.29, 0.717) is 40.5 Å². The summed E-state index contributed by atoms with van der Waals surface area (Å²) < 4.78 is 17.0. The maximum absolute atomic E-state index is 15.2. The summed E-state index contributed by atoms with van der Waals surface area (Å²) in [5.41, 5.74) is 4.99. The zero-order valence-corrected chi connectivity index (χ0v) is 21.2. The number of hydrogen-bond acceptors (Lipinski definition) is 6. The Bertz CT molecular complexity index is 1540. The van der Waals surface area contributed by atoms with Crippen molar-refractivity contribution in [1.29, 1.82) is 0 Å². The molecule has 0 saturated heterocycles. The molecule has 7 rings (SSSR count). The molecule has 4 unspecified atom stereocenters. The molecule has 4 heterocycles. The fourth-order valence-corrected chi connectivity index (χ4v) is 6.75. The SMILES string of the molecule is CC1c2ccsc2CCN1C(O)c1cc(C2CC2)n2nc(-c3ccc(C4CC4C(=O)O)cc3F)cc2n1. The average molecular weight is 519 g/mol. The minimum absolute atomic E-state index is 0.0904. The zero-order valence-electron chi connectivity index (χ0n) is 20.3. The minimum atomic E-state index is -0.847. The first-order valence-corrected chi connectivity index (χ1v) is 13.7. The molecule has 3 aliphatic rings. The average Bonchev–Trinajstić information content (AvgIpc) is 3.79. The van der Waals surface area contributed by atoms with E-state index in [1.807, 2.05) is 6.07 Å². The first kappa shape index (κ1) is 23.0. The number of carboxylic acids is 1. The van der Waals surface area contributed by atoms with Crippen LogP contribution in [0.1, 0.15) is 77.7 Å². The predicted octanol–water partition coefficient (Wildman–Crippen LogP) is 5.27. The standard InChI is InChI=1S/C28H27FN4O3S/c1-14-17-7-9-37-25(17)6-8-32(14)27(34)23-12-24(15-2-3-15)33-26(30-23)13-22(31-33)18-5-4-16(10-21(18)29)19-11-20(19)28(35)36/h4-5,7,9-10,12-15,19-20,27,34H,2-3,6,8,11H2,1H3,(H,35,36). The van der Waals surface area contributed by atoms with Gasteiger partial charge in [-0.3, -0.25) is 9.69 Å². The molecule has 190 valence electrons. The van der Waals surface area contributed by atoms with E-state index in [2.05, 4.69) is 23.3 Å². The Hall–Kier alpha value is -3.14. The normalized spacial score (nSPS) is 24.2. The van der Waals surface area contributed by atoms with Crippen LogP contribution in [0.2, 0.25) is 0 Å². The summed E-state index contributed by atoms with van der Waals surface area (Å²) in [6.07, 6.45) is 2.72. The topological polar surface area (TPSA) is 91.0 Å². The van der Waals surface area contributed by atoms with Crippen LogP contribution >= 0.6 is 11.3 Å². The Morgan fingerprint density at radius 2 is 2.05 bits per heavy atom. The van der Waals surface area contributed by atoms with Crippen molar-refractivity contribution in [3.05, 3.63) is 75.0 Å². The van der Waals surface area contributed by atoms with Gasteiger partial charge in [0.05, 0.1) is 17.3 Å². The van der Waals surface area contributed by atoms with Crippen LogP contribution in [0.25, 0.3) is 16.9 Å². The minimum Gasteiger partial charge on any atom is -0.481 e. The summed E-state index contributed by atoms with van der Waals surface area (Å²) in [7, 11) is 0. The van der Waals surface area contributed by atoms with Gasteiger partial charge in [0.15, 0.2) is 11.9 Å². The van der Waals surface area contributed by atoms with Crippen LogP contribution in [0.3, 0.4) is 0 Å². The number of thiophene rings is 1. The first-order chi connectivity index (χ1) is 17.9. The number of nitrogens with zero attached hydrogens (tertiary/aromatic N) is 4. The first-order valence-electron chi connectivity index (χ1n) is 12.8. The van der Waals surface area contributed by atoms with Gasteiger partial charge in [-0.1, -0.05) is 6.07 Å². The van der Waals surface area contributed by atoms with E-state index in [9.17, 15) is 15.0 Å². The van der Waals surface area contributed by atoms with Gasteiger partial charge in [-0.25, -0.2) is 13.9 Å². The lowest BCUT2D eigenvalue weighted by Crippen LogP contribution is -2.37. The molecule has 0 spiro atoms. The number of halogens is 1. The van der Waals surface area contributed by atoms with E-state index in [1.165, 1.54) is 16.5 Å². The van der Waals surface area contributed by atoms with Crippen molar-refractivity contribution in [1.82, 2.24) is 19.5 Å². The molecule has 1 aliphatic heterocycles. The highest BCUT2D eigenvalue weighted by molar-refractivity contribution is 7.10. The van der Waals surface area contributed by atoms with Crippen molar-refractivity contribution in [2.75, 3.05) is 6.54 Å². The molecule has 2 fully saturated rings. The number of aliphatic hydroxyl groups is 1. The van der Waals surface area contributed by atoms with E-state index >= 15 is 4.39 Å². The molecule has 0 radical (unpaired) electrons. The van der Waals surface area contributed by atoms with Gasteiger partial charge in [-0.15, -0.1) is 11.3 Å². The lowest BCUT2D eigenvalue weighted by atomic mass is 10.0. The zero-order chi connectivity index (χ0) is 25.4. The Labute approximate surface area is 217 Å². The molecule has 1 aromatic carbocycles. The molecule has 3 aromatic heterocycles. The molecule has 9 heteroatoms. The Kier molecular flexibility index (Phi) is 5.25. The monoisotopic (exact) mass is 518 g/mol. The summed E-state index contributed by atoms with van der Waals surface area (Å²) in [5, 5.41) is 27.4. The molecule has 0 bridgehead atoms. The summed E-state index contributed by atoms with van der Waals surface area (Å²) >= 11 is 1.77. The molecule has 2 saturated carbocycles. The van der Waals surface area contributed by atoms with Crippen molar-refractivity contribution in [2.45, 2.75) is 56.7 Å². The third kappa shape index (κ3) is 3.88. The molecule has 2 N–H and O–H groups in total. The summed E-state index contributed by atoms with van der Waals surface area (Å²) in [6.45, 7) is 2.88. The van der Waals surface area contributed by atoms with E-state index < -0.39 is 23.9 Å². The number of rotatable bonds is 6. The number of aromatic nitrogens is 3. The molecule has 4 atom stereocenters. The van der Waals surface area contributed by atoms with Crippen LogP contribution in [0.15, 0.2) is 41.8 Å². The summed E-state index contributed by atoms with van der Waals surface area (Å²) in [5.74, 6) is -1.46. The highest BCUT2D eigenvalue weighted by Gasteiger charge is 2.44. The van der Waals surface area contributed by atoms with Gasteiger partial charge in [-0.05, 0) is 79.3 Å². The summed E-state index contributed by atoms with van der Waals surface area (Å²) in [6, 6.07) is 10.9. The fourth-order valence-electron chi connectivity index (χ4n) is 5.79. The van der Waals surface area contributed by atoms with Crippen LogP contribution < -0.4 is 0 Å². The van der Waals surface area contributed by atoms with Crippen LogP contribution in [0.5, 0.6) is 0 Å². The van der Waals surface area contributed by atoms with Crippen molar-refractivity contribution in [2.24, 2.45) is 5.92 Å². The molecule has 7 nitrogen and oxygen atoms in total. The third-order valence-electron chi connectivity index (χ3n) is 8.18. The van der Waals surface area contributed by atoms with E-state index in [-0.39, 0.29) is 12.0 Å². The van der Waals surface area contributed by atoms with Gasteiger partial charge < -0.3 is 10.2 Å². The van der Waals surface area contributed by atoms with Gasteiger partial charge in [0.25, 0.3) is 0 Å². The van der Waals surface area contributed by atoms with Crippen LogP contribution in [0.4, 0.5) is 4.39 Å². The molecule has 0 amide bonds. The maximum atomic E-state index is 15.2. The second kappa shape index (κ2) is 8.44. The highest BCUT2D eigenvalue weighted by atomic mass is 32.1. The second-order valence-electron chi connectivity index (χ2n) is 10.5. The van der Waals surface area contributed by atoms with Crippen LogP contribution in [-0.2, 0) is 11.2 Å². The van der Waals surface area contributed by atoms with Gasteiger partial charge in [0, 0.05) is 40.7 Å². The van der Waals surface area contributed by atoms with Gasteiger partial charge >= 0.3 is 5.97 Å². The van der Waals surface area contributed by atoms with Gasteiger partial charge in [0.2, 0.25) is 0 Å². The Balaban J connectivity index is 1.23. The number of fused-ring (bicyclic) bond motifs is 2. The molecule has 2 aliphatic carbocycles. The largest absolute Gasteiger partial charge is 0.481 e. The lowest BCUT2D eigenvalue weighted by molar-refractivity contribution is -0.138. The van der Waals surface area contributed by atoms with E-state index in [4.69, 9.17) is 10.1 Å². The van der Waals surface area contributed by atoms with Crippen molar-refractivity contribution in [3.8, 4) is 11.3 Å². The molecule has 37 heavy (non-hydrogen) atoms. The highest BCUT2D eigenvalue weighted by Crippen LogP contribution is 2.48. The van der Waals surface area contributed by atoms with E-state index in [1.54, 1.807) is 34.1 Å². The Morgan fingerprint density at radius 3 is 2.78 bits per heavy atom. The number of aliphatic carboxylic acids is 1. The number of hydrogen-bond donors (Lipinski definition) is 2. The van der Waals surface area contributed by atoms with E-state index in [0.717, 1.165) is 31.5 Å². The summed E-state index contributed by atoms with van der Waals surface area (Å²) in [4.78, 5) is 19.5. The molecular weight excluding hydrogens is 491 g/mol. The second-order valence-corrected chi connectivity index (χ2v) is 11.5. The Morgan fingerprint density at radius 1 is 1.22 bits per heavy atom. The van der Waals surface area contributed by atoms with Gasteiger partial charge in [0.1, 0.15) is 5.82 Å². The third-order valence-corrected chi connectivity index (χ3v) is 9.17. The number of carboxylic acid groups (broad SMARTS) is 1. The van der Waals surface area contributed by atoms with Crippen molar-refractivity contribution >= 4 is 23.0 Å². The predicted molar refractivity (Wildman–Crippen MR) is 137 cm³/mol. The molecule has 4 aromatic rings. The number of carbonyl (C=O) groups is 1. The molecular formula is C28H27FN4O3S. The number of aliphatic hydroxyl groups excluding tert-OH is 1. The fraction of sp³-hybridized carbons (Fsp3) is 0.393. The van der Waals surface area contributed by atoms with Crippen LogP contribution in [0, 0.1) is 11.7 Å². The number of benzene rings is 1. The quantitative estimate of drug-likeness (QED) is 0.361. The smallest absolute Gasteiger partial charge is 0.307 e. The van der Waals surface area contributed by atoms with Crippen molar-refractivity contribution in [3.63, 3.8) is 0 Å². The van der Waals surface area contributed by atoms with Crippen LogP contribution in [-0.4, -0.2) is 42.2 Å². The van der Waals surface area contributed by atoms with Crippen molar-refractivity contribution < 1.29 is 19.4 Å². The van der Waals surface area contributed by atoms with Gasteiger partial charge in [-0.2, -0.15) is 5.10 Å². The lowest BCUT2D eigenvalue weighted by Gasteiger charge is -2.36. The maximum Gasteiger partial charge on any atom is 0.307 e.